The lowest BCUT2D eigenvalue weighted by Crippen LogP contribution is -2.61. The van der Waals surface area contributed by atoms with Gasteiger partial charge in [-0.05, 0) is 19.1 Å². The van der Waals surface area contributed by atoms with Gasteiger partial charge in [0.25, 0.3) is 0 Å². The van der Waals surface area contributed by atoms with Crippen LogP contribution < -0.4 is 10.6 Å². The lowest BCUT2D eigenvalue weighted by atomic mass is 10.0. The SMILES string of the molecule is CC(=O)NC(CSc1ccc(C)cc1)C(=O)NC(CO)(CO)CO. The number of thioether (sulfide) groups is 1. The number of aliphatic hydroxyl groups excluding tert-OH is 3. The lowest BCUT2D eigenvalue weighted by molar-refractivity contribution is -0.130. The van der Waals surface area contributed by atoms with Gasteiger partial charge < -0.3 is 26.0 Å². The van der Waals surface area contributed by atoms with Crippen molar-refractivity contribution in [3.63, 3.8) is 0 Å². The summed E-state index contributed by atoms with van der Waals surface area (Å²) in [5, 5.41) is 32.8. The molecule has 1 atom stereocenters. The van der Waals surface area contributed by atoms with E-state index in [1.165, 1.54) is 18.7 Å². The van der Waals surface area contributed by atoms with E-state index in [1.807, 2.05) is 31.2 Å². The minimum absolute atomic E-state index is 0.271. The van der Waals surface area contributed by atoms with Crippen molar-refractivity contribution < 1.29 is 24.9 Å². The number of hydrogen-bond acceptors (Lipinski definition) is 6. The van der Waals surface area contributed by atoms with Crippen molar-refractivity contribution in [2.24, 2.45) is 0 Å². The van der Waals surface area contributed by atoms with Gasteiger partial charge >= 0.3 is 0 Å². The van der Waals surface area contributed by atoms with Crippen molar-refractivity contribution in [3.05, 3.63) is 29.8 Å². The molecule has 1 aromatic carbocycles. The maximum Gasteiger partial charge on any atom is 0.244 e. The highest BCUT2D eigenvalue weighted by Gasteiger charge is 2.33. The monoisotopic (exact) mass is 356 g/mol. The maximum absolute atomic E-state index is 12.4. The molecule has 2 amide bonds. The van der Waals surface area contributed by atoms with Crippen LogP contribution in [0.3, 0.4) is 0 Å². The minimum Gasteiger partial charge on any atom is -0.394 e. The predicted molar refractivity (Wildman–Crippen MR) is 91.6 cm³/mol. The Kier molecular flexibility index (Phi) is 8.20. The lowest BCUT2D eigenvalue weighted by Gasteiger charge is -2.30. The number of nitrogens with one attached hydrogen (secondary N) is 2. The standard InChI is InChI=1S/C16H24N2O5S/c1-11-3-5-13(6-4-11)24-7-14(17-12(2)22)15(23)18-16(8-19,9-20)10-21/h3-6,14,19-21H,7-10H2,1-2H3,(H,17,22)(H,18,23). The Morgan fingerprint density at radius 1 is 1.12 bits per heavy atom. The molecule has 134 valence electrons. The van der Waals surface area contributed by atoms with Gasteiger partial charge in [-0.15, -0.1) is 11.8 Å². The summed E-state index contributed by atoms with van der Waals surface area (Å²) in [5.41, 5.74) is -0.406. The van der Waals surface area contributed by atoms with E-state index in [9.17, 15) is 24.9 Å². The summed E-state index contributed by atoms with van der Waals surface area (Å²) in [7, 11) is 0. The zero-order valence-electron chi connectivity index (χ0n) is 13.8. The van der Waals surface area contributed by atoms with Crippen molar-refractivity contribution in [2.45, 2.75) is 30.3 Å². The molecule has 7 nitrogen and oxygen atoms in total. The Morgan fingerprint density at radius 2 is 1.67 bits per heavy atom. The van der Waals surface area contributed by atoms with E-state index in [2.05, 4.69) is 10.6 Å². The summed E-state index contributed by atoms with van der Waals surface area (Å²) in [6.07, 6.45) is 0. The number of carbonyl (C=O) groups excluding carboxylic acids is 2. The van der Waals surface area contributed by atoms with Gasteiger partial charge in [0.1, 0.15) is 11.6 Å². The highest BCUT2D eigenvalue weighted by Crippen LogP contribution is 2.19. The molecule has 0 saturated heterocycles. The Bertz CT molecular complexity index is 538. The van der Waals surface area contributed by atoms with Crippen LogP contribution in [0.4, 0.5) is 0 Å². The summed E-state index contributed by atoms with van der Waals surface area (Å²) in [6, 6.07) is 6.87. The van der Waals surface area contributed by atoms with E-state index in [-0.39, 0.29) is 11.7 Å². The zero-order chi connectivity index (χ0) is 18.2. The second kappa shape index (κ2) is 9.63. The number of benzene rings is 1. The number of hydrogen-bond donors (Lipinski definition) is 5. The van der Waals surface area contributed by atoms with Crippen LogP contribution in [-0.4, -0.2) is 64.3 Å². The largest absolute Gasteiger partial charge is 0.394 e. The molecule has 0 aliphatic rings. The molecule has 0 aliphatic heterocycles. The van der Waals surface area contributed by atoms with Gasteiger partial charge in [0.05, 0.1) is 19.8 Å². The first-order chi connectivity index (χ1) is 11.4. The Balaban J connectivity index is 2.78. The molecule has 0 fully saturated rings. The van der Waals surface area contributed by atoms with Gasteiger partial charge in [-0.25, -0.2) is 0 Å². The van der Waals surface area contributed by atoms with Crippen LogP contribution in [0.5, 0.6) is 0 Å². The van der Waals surface area contributed by atoms with Crippen molar-refractivity contribution in [2.75, 3.05) is 25.6 Å². The third-order valence-corrected chi connectivity index (χ3v) is 4.53. The molecular weight excluding hydrogens is 332 g/mol. The van der Waals surface area contributed by atoms with Gasteiger partial charge in [0.2, 0.25) is 11.8 Å². The van der Waals surface area contributed by atoms with Crippen LogP contribution in [-0.2, 0) is 9.59 Å². The molecule has 5 N–H and O–H groups in total. The van der Waals surface area contributed by atoms with Gasteiger partial charge in [-0.2, -0.15) is 0 Å². The molecular formula is C16H24N2O5S. The van der Waals surface area contributed by atoms with Crippen LogP contribution in [0.25, 0.3) is 0 Å². The first-order valence-corrected chi connectivity index (χ1v) is 8.45. The van der Waals surface area contributed by atoms with Crippen LogP contribution in [0.1, 0.15) is 12.5 Å². The van der Waals surface area contributed by atoms with Crippen molar-refractivity contribution >= 4 is 23.6 Å². The van der Waals surface area contributed by atoms with E-state index in [0.717, 1.165) is 10.5 Å². The van der Waals surface area contributed by atoms with Crippen LogP contribution in [0.15, 0.2) is 29.2 Å². The molecule has 0 heterocycles. The number of aryl methyl sites for hydroxylation is 1. The summed E-state index contributed by atoms with van der Waals surface area (Å²) in [4.78, 5) is 24.7. The zero-order valence-corrected chi connectivity index (χ0v) is 14.6. The fraction of sp³-hybridized carbons (Fsp3) is 0.500. The predicted octanol–water partition coefficient (Wildman–Crippen LogP) is -0.576. The molecule has 0 spiro atoms. The average Bonchev–Trinajstić information content (AvgIpc) is 2.57. The third kappa shape index (κ3) is 6.12. The molecule has 0 aliphatic carbocycles. The number of amides is 2. The summed E-state index contributed by atoms with van der Waals surface area (Å²) in [5.74, 6) is -0.684. The summed E-state index contributed by atoms with van der Waals surface area (Å²) < 4.78 is 0. The molecule has 1 aromatic rings. The quantitative estimate of drug-likeness (QED) is 0.378. The van der Waals surface area contributed by atoms with Crippen LogP contribution >= 0.6 is 11.8 Å². The van der Waals surface area contributed by atoms with Gasteiger partial charge in [-0.3, -0.25) is 9.59 Å². The smallest absolute Gasteiger partial charge is 0.244 e. The molecule has 0 radical (unpaired) electrons. The first-order valence-electron chi connectivity index (χ1n) is 7.47. The normalized spacial score (nSPS) is 12.5. The fourth-order valence-corrected chi connectivity index (χ4v) is 2.78. The van der Waals surface area contributed by atoms with E-state index in [4.69, 9.17) is 0 Å². The first kappa shape index (κ1) is 20.4. The molecule has 24 heavy (non-hydrogen) atoms. The highest BCUT2D eigenvalue weighted by atomic mass is 32.2. The summed E-state index contributed by atoms with van der Waals surface area (Å²) in [6.45, 7) is 1.41. The Labute approximate surface area is 145 Å². The number of carbonyl (C=O) groups is 2. The van der Waals surface area contributed by atoms with Crippen molar-refractivity contribution in [1.29, 1.82) is 0 Å². The Morgan fingerprint density at radius 3 is 2.12 bits per heavy atom. The van der Waals surface area contributed by atoms with E-state index >= 15 is 0 Å². The summed E-state index contributed by atoms with van der Waals surface area (Å²) >= 11 is 1.39. The molecule has 0 aromatic heterocycles. The maximum atomic E-state index is 12.4. The van der Waals surface area contributed by atoms with Crippen molar-refractivity contribution in [3.8, 4) is 0 Å². The molecule has 8 heteroatoms. The molecule has 0 bridgehead atoms. The molecule has 1 rings (SSSR count). The van der Waals surface area contributed by atoms with Gasteiger partial charge in [0.15, 0.2) is 0 Å². The van der Waals surface area contributed by atoms with Crippen LogP contribution in [0.2, 0.25) is 0 Å². The molecule has 0 saturated carbocycles. The highest BCUT2D eigenvalue weighted by molar-refractivity contribution is 7.99. The second-order valence-electron chi connectivity index (χ2n) is 5.62. The van der Waals surface area contributed by atoms with E-state index in [0.29, 0.717) is 0 Å². The topological polar surface area (TPSA) is 119 Å². The third-order valence-electron chi connectivity index (χ3n) is 3.43. The van der Waals surface area contributed by atoms with Crippen molar-refractivity contribution in [1.82, 2.24) is 10.6 Å². The second-order valence-corrected chi connectivity index (χ2v) is 6.71. The van der Waals surface area contributed by atoms with E-state index < -0.39 is 37.3 Å². The van der Waals surface area contributed by atoms with Gasteiger partial charge in [0, 0.05) is 17.6 Å². The molecule has 1 unspecified atom stereocenters. The average molecular weight is 356 g/mol. The fourth-order valence-electron chi connectivity index (χ4n) is 1.86. The number of rotatable bonds is 9. The van der Waals surface area contributed by atoms with Crippen LogP contribution in [0, 0.1) is 6.92 Å². The number of aliphatic hydroxyl groups is 3. The Hall–Kier alpha value is -1.61. The minimum atomic E-state index is -1.53. The van der Waals surface area contributed by atoms with E-state index in [1.54, 1.807) is 0 Å². The van der Waals surface area contributed by atoms with Gasteiger partial charge in [-0.1, -0.05) is 17.7 Å².